The first-order valence-corrected chi connectivity index (χ1v) is 10.0. The largest absolute Gasteiger partial charge is 0.355 e. The van der Waals surface area contributed by atoms with Crippen LogP contribution in [0.4, 0.5) is 0 Å². The van der Waals surface area contributed by atoms with Gasteiger partial charge in [-0.05, 0) is 30.5 Å². The Labute approximate surface area is 134 Å². The zero-order valence-corrected chi connectivity index (χ0v) is 13.9. The third-order valence-corrected chi connectivity index (χ3v) is 6.82. The van der Waals surface area contributed by atoms with Gasteiger partial charge in [-0.15, -0.1) is 11.8 Å². The topological polar surface area (TPSA) is 63.2 Å². The second-order valence-corrected chi connectivity index (χ2v) is 9.02. The van der Waals surface area contributed by atoms with Crippen molar-refractivity contribution < 1.29 is 13.2 Å². The fraction of sp³-hybridized carbons (Fsp3) is 0.500. The van der Waals surface area contributed by atoms with E-state index in [0.29, 0.717) is 23.7 Å². The number of halogens is 1. The van der Waals surface area contributed by atoms with Gasteiger partial charge in [0.15, 0.2) is 9.84 Å². The van der Waals surface area contributed by atoms with Gasteiger partial charge < -0.3 is 5.32 Å². The highest BCUT2D eigenvalue weighted by molar-refractivity contribution is 8.02. The SMILES string of the molecule is O=C(CS[C@@H]1CCS(=O)(=O)C1)NCCc1ccc(Cl)cc1. The van der Waals surface area contributed by atoms with Crippen LogP contribution in [0.2, 0.25) is 5.02 Å². The van der Waals surface area contributed by atoms with Crippen LogP contribution in [-0.2, 0) is 21.1 Å². The number of hydrogen-bond acceptors (Lipinski definition) is 4. The number of carbonyl (C=O) groups is 1. The summed E-state index contributed by atoms with van der Waals surface area (Å²) >= 11 is 7.24. The first-order chi connectivity index (χ1) is 9.94. The van der Waals surface area contributed by atoms with Crippen molar-refractivity contribution in [1.29, 1.82) is 0 Å². The van der Waals surface area contributed by atoms with E-state index in [9.17, 15) is 13.2 Å². The van der Waals surface area contributed by atoms with E-state index in [1.165, 1.54) is 11.8 Å². The van der Waals surface area contributed by atoms with Crippen molar-refractivity contribution in [2.24, 2.45) is 0 Å². The summed E-state index contributed by atoms with van der Waals surface area (Å²) < 4.78 is 22.6. The van der Waals surface area contributed by atoms with Gasteiger partial charge in [-0.25, -0.2) is 8.42 Å². The third-order valence-electron chi connectivity index (χ3n) is 3.29. The minimum absolute atomic E-state index is 0.0433. The van der Waals surface area contributed by atoms with E-state index < -0.39 is 9.84 Å². The molecule has 0 unspecified atom stereocenters. The molecule has 1 aliphatic rings. The van der Waals surface area contributed by atoms with E-state index in [2.05, 4.69) is 5.32 Å². The molecule has 1 aromatic carbocycles. The second-order valence-electron chi connectivity index (χ2n) is 5.06. The lowest BCUT2D eigenvalue weighted by Crippen LogP contribution is -2.28. The van der Waals surface area contributed by atoms with E-state index in [1.807, 2.05) is 24.3 Å². The summed E-state index contributed by atoms with van der Waals surface area (Å²) in [6, 6.07) is 7.53. The maximum Gasteiger partial charge on any atom is 0.230 e. The molecule has 1 atom stereocenters. The average Bonchev–Trinajstić information content (AvgIpc) is 2.78. The third kappa shape index (κ3) is 5.88. The van der Waals surface area contributed by atoms with E-state index >= 15 is 0 Å². The van der Waals surface area contributed by atoms with Crippen molar-refractivity contribution in [3.8, 4) is 0 Å². The van der Waals surface area contributed by atoms with Gasteiger partial charge in [-0.2, -0.15) is 0 Å². The van der Waals surface area contributed by atoms with Gasteiger partial charge in [0.1, 0.15) is 0 Å². The monoisotopic (exact) mass is 347 g/mol. The highest BCUT2D eigenvalue weighted by Crippen LogP contribution is 2.23. The Morgan fingerprint density at radius 1 is 1.33 bits per heavy atom. The molecule has 4 nitrogen and oxygen atoms in total. The van der Waals surface area contributed by atoms with Gasteiger partial charge in [-0.3, -0.25) is 4.79 Å². The summed E-state index contributed by atoms with van der Waals surface area (Å²) in [5, 5.41) is 3.61. The maximum atomic E-state index is 11.7. The summed E-state index contributed by atoms with van der Waals surface area (Å²) in [6.45, 7) is 0.573. The predicted octanol–water partition coefficient (Wildman–Crippen LogP) is 1.92. The lowest BCUT2D eigenvalue weighted by molar-refractivity contribution is -0.118. The number of thioether (sulfide) groups is 1. The molecule has 2 rings (SSSR count). The fourth-order valence-electron chi connectivity index (χ4n) is 2.13. The summed E-state index contributed by atoms with van der Waals surface area (Å²) in [5.41, 5.74) is 1.12. The first-order valence-electron chi connectivity index (χ1n) is 6.78. The molecule has 1 aliphatic heterocycles. The summed E-state index contributed by atoms with van der Waals surface area (Å²) in [7, 11) is -2.86. The van der Waals surface area contributed by atoms with E-state index in [4.69, 9.17) is 11.6 Å². The highest BCUT2D eigenvalue weighted by atomic mass is 35.5. The minimum Gasteiger partial charge on any atom is -0.355 e. The molecule has 1 heterocycles. The van der Waals surface area contributed by atoms with Gasteiger partial charge in [0.2, 0.25) is 5.91 Å². The molecule has 0 radical (unpaired) electrons. The Bertz CT molecular complexity index is 587. The standard InChI is InChI=1S/C14H18ClNO3S2/c15-12-3-1-11(2-4-12)5-7-16-14(17)9-20-13-6-8-21(18,19)10-13/h1-4,13H,5-10H2,(H,16,17)/t13-/m1/s1. The molecule has 0 bridgehead atoms. The van der Waals surface area contributed by atoms with Gasteiger partial charge in [0, 0.05) is 16.8 Å². The predicted molar refractivity (Wildman–Crippen MR) is 87.7 cm³/mol. The van der Waals surface area contributed by atoms with Gasteiger partial charge in [0.05, 0.1) is 17.3 Å². The number of amides is 1. The van der Waals surface area contributed by atoms with Crippen LogP contribution in [0.3, 0.4) is 0 Å². The van der Waals surface area contributed by atoms with Crippen LogP contribution >= 0.6 is 23.4 Å². The van der Waals surface area contributed by atoms with E-state index in [1.54, 1.807) is 0 Å². The number of nitrogens with one attached hydrogen (secondary N) is 1. The van der Waals surface area contributed by atoms with Crippen molar-refractivity contribution in [2.45, 2.75) is 18.1 Å². The zero-order valence-electron chi connectivity index (χ0n) is 11.5. The molecule has 1 aromatic rings. The number of sulfone groups is 1. The number of carbonyl (C=O) groups excluding carboxylic acids is 1. The molecular weight excluding hydrogens is 330 g/mol. The minimum atomic E-state index is -2.86. The molecule has 0 aliphatic carbocycles. The average molecular weight is 348 g/mol. The van der Waals surface area contributed by atoms with Crippen molar-refractivity contribution in [2.75, 3.05) is 23.8 Å². The number of rotatable bonds is 6. The molecule has 0 spiro atoms. The Balaban J connectivity index is 1.63. The van der Waals surface area contributed by atoms with Crippen molar-refractivity contribution in [3.63, 3.8) is 0 Å². The normalized spacial score (nSPS) is 20.3. The molecule has 0 saturated carbocycles. The summed E-state index contributed by atoms with van der Waals surface area (Å²) in [5.74, 6) is 0.734. The quantitative estimate of drug-likeness (QED) is 0.854. The summed E-state index contributed by atoms with van der Waals surface area (Å²) in [4.78, 5) is 11.7. The van der Waals surface area contributed by atoms with Gasteiger partial charge in [-0.1, -0.05) is 23.7 Å². The van der Waals surface area contributed by atoms with E-state index in [-0.39, 0.29) is 22.7 Å². The number of hydrogen-bond donors (Lipinski definition) is 1. The van der Waals surface area contributed by atoms with Gasteiger partial charge >= 0.3 is 0 Å². The fourth-order valence-corrected chi connectivity index (χ4v) is 5.73. The van der Waals surface area contributed by atoms with Crippen LogP contribution in [0, 0.1) is 0 Å². The zero-order chi connectivity index (χ0) is 15.3. The molecule has 21 heavy (non-hydrogen) atoms. The molecule has 7 heteroatoms. The van der Waals surface area contributed by atoms with Gasteiger partial charge in [0.25, 0.3) is 0 Å². The smallest absolute Gasteiger partial charge is 0.230 e. The van der Waals surface area contributed by atoms with Crippen LogP contribution in [0.5, 0.6) is 0 Å². The molecule has 0 aromatic heterocycles. The first kappa shape index (κ1) is 16.6. The van der Waals surface area contributed by atoms with Crippen LogP contribution in [0.15, 0.2) is 24.3 Å². The van der Waals surface area contributed by atoms with Crippen LogP contribution in [0.1, 0.15) is 12.0 Å². The molecule has 1 saturated heterocycles. The molecule has 1 amide bonds. The molecular formula is C14H18ClNO3S2. The van der Waals surface area contributed by atoms with Crippen LogP contribution in [0.25, 0.3) is 0 Å². The lowest BCUT2D eigenvalue weighted by Gasteiger charge is -2.08. The van der Waals surface area contributed by atoms with Crippen LogP contribution < -0.4 is 5.32 Å². The van der Waals surface area contributed by atoms with Crippen molar-refractivity contribution in [1.82, 2.24) is 5.32 Å². The van der Waals surface area contributed by atoms with Crippen LogP contribution in [-0.4, -0.2) is 43.4 Å². The number of benzene rings is 1. The van der Waals surface area contributed by atoms with E-state index in [0.717, 1.165) is 12.0 Å². The summed E-state index contributed by atoms with van der Waals surface area (Å²) in [6.07, 6.45) is 1.41. The lowest BCUT2D eigenvalue weighted by atomic mass is 10.1. The Hall–Kier alpha value is -0.720. The molecule has 116 valence electrons. The van der Waals surface area contributed by atoms with Crippen molar-refractivity contribution >= 4 is 39.1 Å². The van der Waals surface area contributed by atoms with Crippen molar-refractivity contribution in [3.05, 3.63) is 34.9 Å². The molecule has 1 fully saturated rings. The Morgan fingerprint density at radius 3 is 2.67 bits per heavy atom. The highest BCUT2D eigenvalue weighted by Gasteiger charge is 2.28. The Kier molecular flexibility index (Phi) is 5.96. The molecule has 1 N–H and O–H groups in total. The Morgan fingerprint density at radius 2 is 2.05 bits per heavy atom. The second kappa shape index (κ2) is 7.51. The maximum absolute atomic E-state index is 11.7.